The molecule has 0 radical (unpaired) electrons. The van der Waals surface area contributed by atoms with E-state index in [4.69, 9.17) is 5.73 Å². The second-order valence-corrected chi connectivity index (χ2v) is 6.22. The van der Waals surface area contributed by atoms with Gasteiger partial charge in [-0.1, -0.05) is 0 Å². The van der Waals surface area contributed by atoms with Crippen LogP contribution in [0.1, 0.15) is 28.2 Å². The van der Waals surface area contributed by atoms with Crippen molar-refractivity contribution in [1.29, 1.82) is 0 Å². The predicted octanol–water partition coefficient (Wildman–Crippen LogP) is 1.51. The Morgan fingerprint density at radius 2 is 2.37 bits per heavy atom. The van der Waals surface area contributed by atoms with Crippen molar-refractivity contribution < 1.29 is 4.79 Å². The van der Waals surface area contributed by atoms with Crippen molar-refractivity contribution in [2.75, 3.05) is 13.1 Å². The summed E-state index contributed by atoms with van der Waals surface area (Å²) in [7, 11) is 1.91. The van der Waals surface area contributed by atoms with E-state index in [0.29, 0.717) is 6.54 Å². The Morgan fingerprint density at radius 1 is 1.58 bits per heavy atom. The Kier molecular flexibility index (Phi) is 3.06. The molecular formula is C13H18N4OS. The van der Waals surface area contributed by atoms with Gasteiger partial charge in [-0.3, -0.25) is 9.48 Å². The molecule has 1 atom stereocenters. The number of piperidine rings is 1. The summed E-state index contributed by atoms with van der Waals surface area (Å²) in [5, 5.41) is 5.44. The molecule has 5 nitrogen and oxygen atoms in total. The summed E-state index contributed by atoms with van der Waals surface area (Å²) in [4.78, 5) is 16.2. The van der Waals surface area contributed by atoms with Gasteiger partial charge < -0.3 is 10.6 Å². The smallest absolute Gasteiger partial charge is 0.264 e. The second-order valence-electron chi connectivity index (χ2n) is 5.19. The molecule has 19 heavy (non-hydrogen) atoms. The van der Waals surface area contributed by atoms with Gasteiger partial charge in [0.1, 0.15) is 4.83 Å². The van der Waals surface area contributed by atoms with Gasteiger partial charge in [0.15, 0.2) is 0 Å². The molecule has 0 aliphatic carbocycles. The highest BCUT2D eigenvalue weighted by molar-refractivity contribution is 7.20. The van der Waals surface area contributed by atoms with Gasteiger partial charge in [-0.25, -0.2) is 0 Å². The number of aromatic nitrogens is 2. The van der Waals surface area contributed by atoms with E-state index in [9.17, 15) is 4.79 Å². The average Bonchev–Trinajstić information content (AvgIpc) is 2.92. The molecule has 1 aliphatic rings. The van der Waals surface area contributed by atoms with E-state index in [1.165, 1.54) is 11.3 Å². The van der Waals surface area contributed by atoms with E-state index < -0.39 is 0 Å². The molecule has 1 saturated heterocycles. The zero-order valence-corrected chi connectivity index (χ0v) is 12.0. The molecule has 1 aliphatic heterocycles. The fourth-order valence-electron chi connectivity index (χ4n) is 2.66. The van der Waals surface area contributed by atoms with Crippen LogP contribution in [0.15, 0.2) is 6.07 Å². The minimum Gasteiger partial charge on any atom is -0.336 e. The molecule has 1 fully saturated rings. The summed E-state index contributed by atoms with van der Waals surface area (Å²) in [5.41, 5.74) is 6.91. The molecule has 6 heteroatoms. The second kappa shape index (κ2) is 4.61. The highest BCUT2D eigenvalue weighted by Crippen LogP contribution is 2.29. The van der Waals surface area contributed by atoms with E-state index in [-0.39, 0.29) is 11.9 Å². The number of hydrogen-bond acceptors (Lipinski definition) is 4. The van der Waals surface area contributed by atoms with E-state index in [2.05, 4.69) is 5.10 Å². The van der Waals surface area contributed by atoms with Crippen LogP contribution < -0.4 is 5.73 Å². The Labute approximate surface area is 116 Å². The van der Waals surface area contributed by atoms with Gasteiger partial charge in [0.25, 0.3) is 5.91 Å². The fraction of sp³-hybridized carbons (Fsp3) is 0.538. The van der Waals surface area contributed by atoms with Crippen molar-refractivity contribution in [1.82, 2.24) is 14.7 Å². The lowest BCUT2D eigenvalue weighted by atomic mass is 10.1. The molecule has 3 rings (SSSR count). The van der Waals surface area contributed by atoms with Crippen LogP contribution in [0, 0.1) is 6.92 Å². The van der Waals surface area contributed by atoms with Crippen molar-refractivity contribution in [2.45, 2.75) is 25.8 Å². The Bertz CT molecular complexity index is 595. The molecule has 3 heterocycles. The van der Waals surface area contributed by atoms with Crippen LogP contribution in [-0.2, 0) is 7.05 Å². The third-order valence-electron chi connectivity index (χ3n) is 3.65. The summed E-state index contributed by atoms with van der Waals surface area (Å²) in [6.45, 7) is 3.46. The third kappa shape index (κ3) is 2.15. The van der Waals surface area contributed by atoms with Crippen molar-refractivity contribution in [3.63, 3.8) is 0 Å². The molecule has 1 unspecified atom stereocenters. The average molecular weight is 278 g/mol. The molecule has 0 saturated carbocycles. The number of amides is 1. The number of rotatable bonds is 1. The summed E-state index contributed by atoms with van der Waals surface area (Å²) in [5.74, 6) is 0.107. The number of likely N-dealkylation sites (tertiary alicyclic amines) is 1. The number of nitrogens with two attached hydrogens (primary N) is 1. The topological polar surface area (TPSA) is 64.2 Å². The van der Waals surface area contributed by atoms with Crippen LogP contribution in [0.2, 0.25) is 0 Å². The lowest BCUT2D eigenvalue weighted by molar-refractivity contribution is 0.0714. The zero-order valence-electron chi connectivity index (χ0n) is 11.2. The molecule has 0 aromatic carbocycles. The number of thiophene rings is 1. The maximum atomic E-state index is 12.5. The zero-order chi connectivity index (χ0) is 13.6. The van der Waals surface area contributed by atoms with Crippen molar-refractivity contribution in [3.05, 3.63) is 16.6 Å². The van der Waals surface area contributed by atoms with Gasteiger partial charge in [-0.2, -0.15) is 5.10 Å². The fourth-order valence-corrected chi connectivity index (χ4v) is 3.75. The van der Waals surface area contributed by atoms with E-state index in [1.807, 2.05) is 29.6 Å². The summed E-state index contributed by atoms with van der Waals surface area (Å²) in [6, 6.07) is 2.08. The van der Waals surface area contributed by atoms with Crippen LogP contribution in [0.25, 0.3) is 10.2 Å². The van der Waals surface area contributed by atoms with Crippen LogP contribution in [-0.4, -0.2) is 39.7 Å². The van der Waals surface area contributed by atoms with Gasteiger partial charge in [0.05, 0.1) is 10.6 Å². The Hall–Kier alpha value is -1.40. The van der Waals surface area contributed by atoms with E-state index >= 15 is 0 Å². The third-order valence-corrected chi connectivity index (χ3v) is 4.84. The normalized spacial score (nSPS) is 20.2. The first-order valence-corrected chi connectivity index (χ1v) is 7.36. The van der Waals surface area contributed by atoms with Gasteiger partial charge >= 0.3 is 0 Å². The van der Waals surface area contributed by atoms with Gasteiger partial charge in [0, 0.05) is 31.6 Å². The maximum absolute atomic E-state index is 12.5. The SMILES string of the molecule is Cc1nn(C)c2sc(C(=O)N3CCCC(N)C3)cc12. The Morgan fingerprint density at radius 3 is 3.05 bits per heavy atom. The van der Waals surface area contributed by atoms with Crippen LogP contribution in [0.4, 0.5) is 0 Å². The number of aryl methyl sites for hydroxylation is 2. The number of carbonyl (C=O) groups is 1. The molecule has 0 bridgehead atoms. The lowest BCUT2D eigenvalue weighted by Crippen LogP contribution is -2.45. The number of fused-ring (bicyclic) bond motifs is 1. The molecule has 1 amide bonds. The van der Waals surface area contributed by atoms with Gasteiger partial charge in [0.2, 0.25) is 0 Å². The van der Waals surface area contributed by atoms with Crippen molar-refractivity contribution in [2.24, 2.45) is 12.8 Å². The predicted molar refractivity (Wildman–Crippen MR) is 76.4 cm³/mol. The number of carbonyl (C=O) groups excluding carboxylic acids is 1. The molecular weight excluding hydrogens is 260 g/mol. The molecule has 0 spiro atoms. The number of nitrogens with zero attached hydrogens (tertiary/aromatic N) is 3. The van der Waals surface area contributed by atoms with Crippen LogP contribution in [0.5, 0.6) is 0 Å². The lowest BCUT2D eigenvalue weighted by Gasteiger charge is -2.30. The first-order chi connectivity index (χ1) is 9.06. The van der Waals surface area contributed by atoms with Gasteiger partial charge in [-0.15, -0.1) is 11.3 Å². The standard InChI is InChI=1S/C13H18N4OS/c1-8-10-6-11(19-13(10)16(2)15-8)12(18)17-5-3-4-9(14)7-17/h6,9H,3-5,7,14H2,1-2H3. The summed E-state index contributed by atoms with van der Waals surface area (Å²) in [6.07, 6.45) is 2.01. The van der Waals surface area contributed by atoms with E-state index in [1.54, 1.807) is 0 Å². The molecule has 102 valence electrons. The van der Waals surface area contributed by atoms with Crippen molar-refractivity contribution >= 4 is 27.5 Å². The van der Waals surface area contributed by atoms with Gasteiger partial charge in [-0.05, 0) is 25.8 Å². The Balaban J connectivity index is 1.91. The number of hydrogen-bond donors (Lipinski definition) is 1. The minimum atomic E-state index is 0.107. The van der Waals surface area contributed by atoms with Crippen molar-refractivity contribution in [3.8, 4) is 0 Å². The highest BCUT2D eigenvalue weighted by atomic mass is 32.1. The minimum absolute atomic E-state index is 0.107. The molecule has 2 N–H and O–H groups in total. The summed E-state index contributed by atoms with van der Waals surface area (Å²) < 4.78 is 1.84. The largest absolute Gasteiger partial charge is 0.336 e. The first kappa shape index (κ1) is 12.6. The highest BCUT2D eigenvalue weighted by Gasteiger charge is 2.24. The quantitative estimate of drug-likeness (QED) is 0.860. The monoisotopic (exact) mass is 278 g/mol. The molecule has 2 aromatic rings. The maximum Gasteiger partial charge on any atom is 0.264 e. The van der Waals surface area contributed by atoms with Crippen LogP contribution >= 0.6 is 11.3 Å². The summed E-state index contributed by atoms with van der Waals surface area (Å²) >= 11 is 1.52. The van der Waals surface area contributed by atoms with E-state index in [0.717, 1.165) is 40.2 Å². The van der Waals surface area contributed by atoms with Crippen LogP contribution in [0.3, 0.4) is 0 Å². The molecule has 2 aromatic heterocycles. The first-order valence-electron chi connectivity index (χ1n) is 6.54.